The van der Waals surface area contributed by atoms with Crippen LogP contribution in [0, 0.1) is 6.92 Å². The summed E-state index contributed by atoms with van der Waals surface area (Å²) in [5.41, 5.74) is 1.04. The summed E-state index contributed by atoms with van der Waals surface area (Å²) in [7, 11) is 0. The van der Waals surface area contributed by atoms with Crippen LogP contribution in [-0.2, 0) is 0 Å². The van der Waals surface area contributed by atoms with E-state index >= 15 is 0 Å². The van der Waals surface area contributed by atoms with Crippen molar-refractivity contribution < 1.29 is 9.90 Å². The van der Waals surface area contributed by atoms with Gasteiger partial charge in [0, 0.05) is 30.1 Å². The molecule has 1 aliphatic rings. The molecule has 2 aromatic rings. The number of hydrogen-bond acceptors (Lipinski definition) is 6. The first-order valence-corrected chi connectivity index (χ1v) is 7.74. The molecule has 0 aromatic carbocycles. The third kappa shape index (κ3) is 3.02. The van der Waals surface area contributed by atoms with E-state index in [4.69, 9.17) is 5.11 Å². The lowest BCUT2D eigenvalue weighted by molar-refractivity contribution is 0.0690. The molecule has 0 bridgehead atoms. The second kappa shape index (κ2) is 5.77. The average molecular weight is 304 g/mol. The van der Waals surface area contributed by atoms with E-state index in [2.05, 4.69) is 25.2 Å². The predicted molar refractivity (Wildman–Crippen MR) is 80.0 cm³/mol. The van der Waals surface area contributed by atoms with Crippen molar-refractivity contribution in [2.45, 2.75) is 25.7 Å². The van der Waals surface area contributed by atoms with Gasteiger partial charge in [0.15, 0.2) is 5.69 Å². The Morgan fingerprint density at radius 3 is 2.90 bits per heavy atom. The van der Waals surface area contributed by atoms with Crippen molar-refractivity contribution in [1.82, 2.24) is 15.0 Å². The van der Waals surface area contributed by atoms with Crippen LogP contribution < -0.4 is 4.90 Å². The largest absolute Gasteiger partial charge is 0.476 e. The first-order valence-electron chi connectivity index (χ1n) is 6.86. The molecule has 1 unspecified atom stereocenters. The van der Waals surface area contributed by atoms with Gasteiger partial charge in [0.05, 0.1) is 17.4 Å². The van der Waals surface area contributed by atoms with Gasteiger partial charge in [-0.3, -0.25) is 0 Å². The fourth-order valence-corrected chi connectivity index (χ4v) is 3.47. The second-order valence-electron chi connectivity index (χ2n) is 5.18. The standard InChI is InChI=1S/C14H16N4O2S/c1-9-8-21-13(17-9)10-3-2-4-18(7-10)12-6-15-11(5-16-12)14(19)20/h5-6,8,10H,2-4,7H2,1H3,(H,19,20). The summed E-state index contributed by atoms with van der Waals surface area (Å²) in [5.74, 6) is 0.0974. The van der Waals surface area contributed by atoms with Crippen molar-refractivity contribution in [2.24, 2.45) is 0 Å². The summed E-state index contributed by atoms with van der Waals surface area (Å²) in [6.45, 7) is 3.78. The fourth-order valence-electron chi connectivity index (χ4n) is 2.54. The minimum Gasteiger partial charge on any atom is -0.476 e. The number of thiazole rings is 1. The van der Waals surface area contributed by atoms with Crippen LogP contribution in [-0.4, -0.2) is 39.1 Å². The molecule has 0 aliphatic carbocycles. The highest BCUT2D eigenvalue weighted by Crippen LogP contribution is 2.30. The molecule has 21 heavy (non-hydrogen) atoms. The molecule has 1 aliphatic heterocycles. The Morgan fingerprint density at radius 1 is 1.43 bits per heavy atom. The molecule has 1 fully saturated rings. The number of aromatic nitrogens is 3. The van der Waals surface area contributed by atoms with Gasteiger partial charge in [-0.25, -0.2) is 19.7 Å². The van der Waals surface area contributed by atoms with Crippen molar-refractivity contribution >= 4 is 23.1 Å². The molecular weight excluding hydrogens is 288 g/mol. The lowest BCUT2D eigenvalue weighted by Gasteiger charge is -2.32. The molecule has 1 saturated heterocycles. The van der Waals surface area contributed by atoms with Gasteiger partial charge in [0.2, 0.25) is 0 Å². The maximum Gasteiger partial charge on any atom is 0.356 e. The molecule has 1 N–H and O–H groups in total. The number of piperidine rings is 1. The van der Waals surface area contributed by atoms with Crippen LogP contribution in [0.3, 0.4) is 0 Å². The lowest BCUT2D eigenvalue weighted by atomic mass is 9.99. The maximum atomic E-state index is 10.8. The van der Waals surface area contributed by atoms with Crippen LogP contribution in [0.2, 0.25) is 0 Å². The van der Waals surface area contributed by atoms with E-state index in [0.29, 0.717) is 5.92 Å². The Labute approximate surface area is 126 Å². The molecule has 2 aromatic heterocycles. The number of carboxylic acid groups (broad SMARTS) is 1. The maximum absolute atomic E-state index is 10.8. The minimum atomic E-state index is -1.05. The third-order valence-corrected chi connectivity index (χ3v) is 4.71. The Kier molecular flexibility index (Phi) is 3.83. The van der Waals surface area contributed by atoms with E-state index < -0.39 is 5.97 Å². The van der Waals surface area contributed by atoms with Gasteiger partial charge in [0.25, 0.3) is 0 Å². The highest BCUT2D eigenvalue weighted by atomic mass is 32.1. The van der Waals surface area contributed by atoms with E-state index in [-0.39, 0.29) is 5.69 Å². The first-order chi connectivity index (χ1) is 10.1. The van der Waals surface area contributed by atoms with Crippen LogP contribution in [0.15, 0.2) is 17.8 Å². The highest BCUT2D eigenvalue weighted by molar-refractivity contribution is 7.09. The summed E-state index contributed by atoms with van der Waals surface area (Å²) in [5, 5.41) is 12.1. The van der Waals surface area contributed by atoms with Gasteiger partial charge in [-0.2, -0.15) is 0 Å². The predicted octanol–water partition coefficient (Wildman–Crippen LogP) is 2.32. The fraction of sp³-hybridized carbons (Fsp3) is 0.429. The Balaban J connectivity index is 1.75. The van der Waals surface area contributed by atoms with Crippen LogP contribution in [0.5, 0.6) is 0 Å². The number of aryl methyl sites for hydroxylation is 1. The number of anilines is 1. The van der Waals surface area contributed by atoms with Crippen molar-refractivity contribution in [3.05, 3.63) is 34.2 Å². The number of rotatable bonds is 3. The van der Waals surface area contributed by atoms with Crippen LogP contribution in [0.25, 0.3) is 0 Å². The number of carbonyl (C=O) groups is 1. The van der Waals surface area contributed by atoms with E-state index in [1.165, 1.54) is 11.2 Å². The molecule has 0 amide bonds. The van der Waals surface area contributed by atoms with E-state index in [0.717, 1.165) is 37.4 Å². The number of hydrogen-bond donors (Lipinski definition) is 1. The monoisotopic (exact) mass is 304 g/mol. The Bertz CT molecular complexity index is 641. The summed E-state index contributed by atoms with van der Waals surface area (Å²) < 4.78 is 0. The van der Waals surface area contributed by atoms with E-state index in [1.54, 1.807) is 17.5 Å². The summed E-state index contributed by atoms with van der Waals surface area (Å²) >= 11 is 1.71. The van der Waals surface area contributed by atoms with Crippen molar-refractivity contribution in [3.63, 3.8) is 0 Å². The third-order valence-electron chi connectivity index (χ3n) is 3.59. The number of nitrogens with zero attached hydrogens (tertiary/aromatic N) is 4. The molecule has 0 radical (unpaired) electrons. The zero-order valence-electron chi connectivity index (χ0n) is 11.7. The van der Waals surface area contributed by atoms with Gasteiger partial charge in [0.1, 0.15) is 5.82 Å². The molecule has 1 atom stereocenters. The van der Waals surface area contributed by atoms with Crippen molar-refractivity contribution in [3.8, 4) is 0 Å². The Morgan fingerprint density at radius 2 is 2.29 bits per heavy atom. The topological polar surface area (TPSA) is 79.2 Å². The first kappa shape index (κ1) is 13.9. The van der Waals surface area contributed by atoms with Crippen LogP contribution in [0.1, 0.15) is 39.9 Å². The normalized spacial score (nSPS) is 18.7. The Hall–Kier alpha value is -2.02. The van der Waals surface area contributed by atoms with E-state index in [1.807, 2.05) is 6.92 Å². The van der Waals surface area contributed by atoms with E-state index in [9.17, 15) is 4.79 Å². The zero-order chi connectivity index (χ0) is 14.8. The molecule has 0 spiro atoms. The molecule has 110 valence electrons. The molecule has 3 heterocycles. The zero-order valence-corrected chi connectivity index (χ0v) is 12.5. The van der Waals surface area contributed by atoms with Gasteiger partial charge in [-0.1, -0.05) is 0 Å². The second-order valence-corrected chi connectivity index (χ2v) is 6.07. The number of carboxylic acids is 1. The molecular formula is C14H16N4O2S. The summed E-state index contributed by atoms with van der Waals surface area (Å²) in [6.07, 6.45) is 5.06. The summed E-state index contributed by atoms with van der Waals surface area (Å²) in [4.78, 5) is 25.7. The van der Waals surface area contributed by atoms with Crippen molar-refractivity contribution in [1.29, 1.82) is 0 Å². The molecule has 7 heteroatoms. The smallest absolute Gasteiger partial charge is 0.356 e. The highest BCUT2D eigenvalue weighted by Gasteiger charge is 2.24. The quantitative estimate of drug-likeness (QED) is 0.937. The van der Waals surface area contributed by atoms with Gasteiger partial charge < -0.3 is 10.0 Å². The molecule has 3 rings (SSSR count). The van der Waals surface area contributed by atoms with Crippen LogP contribution in [0.4, 0.5) is 5.82 Å². The van der Waals surface area contributed by atoms with Gasteiger partial charge >= 0.3 is 5.97 Å². The SMILES string of the molecule is Cc1csc(C2CCCN(c3cnc(C(=O)O)cn3)C2)n1. The number of aromatic carboxylic acids is 1. The van der Waals surface area contributed by atoms with Crippen molar-refractivity contribution in [2.75, 3.05) is 18.0 Å². The lowest BCUT2D eigenvalue weighted by Crippen LogP contribution is -2.35. The van der Waals surface area contributed by atoms with Crippen LogP contribution >= 0.6 is 11.3 Å². The minimum absolute atomic E-state index is 0.0251. The van der Waals surface area contributed by atoms with Gasteiger partial charge in [-0.15, -0.1) is 11.3 Å². The van der Waals surface area contributed by atoms with Gasteiger partial charge in [-0.05, 0) is 19.8 Å². The summed E-state index contributed by atoms with van der Waals surface area (Å²) in [6, 6.07) is 0. The molecule has 0 saturated carbocycles. The average Bonchev–Trinajstić information content (AvgIpc) is 2.94. The molecule has 6 nitrogen and oxygen atoms in total.